The molecule has 1 fully saturated rings. The van der Waals surface area contributed by atoms with Crippen molar-refractivity contribution in [2.24, 2.45) is 5.92 Å². The highest BCUT2D eigenvalue weighted by Crippen LogP contribution is 2.31. The Morgan fingerprint density at radius 3 is 3.11 bits per heavy atom. The molecule has 1 aliphatic carbocycles. The van der Waals surface area contributed by atoms with Gasteiger partial charge in [0.25, 0.3) is 0 Å². The molecule has 1 aromatic carbocycles. The van der Waals surface area contributed by atoms with Crippen molar-refractivity contribution in [2.75, 3.05) is 17.7 Å². The quantitative estimate of drug-likeness (QED) is 0.624. The van der Waals surface area contributed by atoms with Crippen molar-refractivity contribution < 1.29 is 9.52 Å². The lowest BCUT2D eigenvalue weighted by molar-refractivity contribution is 0.222. The van der Waals surface area contributed by atoms with Crippen LogP contribution in [0.2, 0.25) is 0 Å². The van der Waals surface area contributed by atoms with Crippen LogP contribution in [0.1, 0.15) is 19.3 Å². The number of aromatic nitrogens is 1. The minimum absolute atomic E-state index is 0.183. The molecule has 0 aliphatic heterocycles. The van der Waals surface area contributed by atoms with E-state index < -0.39 is 5.76 Å². The molecule has 0 bridgehead atoms. The van der Waals surface area contributed by atoms with E-state index in [1.807, 2.05) is 0 Å². The zero-order valence-electron chi connectivity index (χ0n) is 10.5. The lowest BCUT2D eigenvalue weighted by atomic mass is 10.0. The number of hydrogen-bond acceptors (Lipinski definition) is 5. The van der Waals surface area contributed by atoms with Crippen LogP contribution < -0.4 is 16.8 Å². The number of aliphatic hydroxyl groups excluding tert-OH is 1. The van der Waals surface area contributed by atoms with E-state index in [0.29, 0.717) is 16.8 Å². The lowest BCUT2D eigenvalue weighted by Gasteiger charge is -2.21. The summed E-state index contributed by atoms with van der Waals surface area (Å²) in [6.07, 6.45) is 3.15. The molecular weight excluding hydrogens is 246 g/mol. The Hall–Kier alpha value is -1.95. The first-order valence-electron chi connectivity index (χ1n) is 6.47. The zero-order valence-corrected chi connectivity index (χ0v) is 10.5. The van der Waals surface area contributed by atoms with E-state index >= 15 is 0 Å². The summed E-state index contributed by atoms with van der Waals surface area (Å²) in [5.74, 6) is -0.223. The zero-order chi connectivity index (χ0) is 13.4. The van der Waals surface area contributed by atoms with Gasteiger partial charge in [-0.3, -0.25) is 4.98 Å². The topological polar surface area (TPSA) is 104 Å². The highest BCUT2D eigenvalue weighted by molar-refractivity contribution is 5.85. The van der Waals surface area contributed by atoms with Gasteiger partial charge in [0.1, 0.15) is 0 Å². The highest BCUT2D eigenvalue weighted by atomic mass is 16.4. The van der Waals surface area contributed by atoms with Gasteiger partial charge in [0.05, 0.1) is 16.9 Å². The summed E-state index contributed by atoms with van der Waals surface area (Å²) in [6.45, 7) is 0.183. The Morgan fingerprint density at radius 1 is 1.47 bits per heavy atom. The number of anilines is 2. The number of nitrogens with two attached hydrogens (primary N) is 1. The largest absolute Gasteiger partial charge is 0.417 e. The summed E-state index contributed by atoms with van der Waals surface area (Å²) in [5.41, 5.74) is 8.36. The molecule has 5 N–H and O–H groups in total. The maximum absolute atomic E-state index is 11.1. The monoisotopic (exact) mass is 263 g/mol. The van der Waals surface area contributed by atoms with Gasteiger partial charge >= 0.3 is 5.76 Å². The van der Waals surface area contributed by atoms with Crippen molar-refractivity contribution in [3.63, 3.8) is 0 Å². The summed E-state index contributed by atoms with van der Waals surface area (Å²) in [4.78, 5) is 13.7. The third-order valence-electron chi connectivity index (χ3n) is 3.83. The lowest BCUT2D eigenvalue weighted by Crippen LogP contribution is -2.26. The van der Waals surface area contributed by atoms with Gasteiger partial charge in [-0.1, -0.05) is 6.42 Å². The van der Waals surface area contributed by atoms with Gasteiger partial charge in [-0.05, 0) is 18.9 Å². The molecule has 1 aromatic heterocycles. The van der Waals surface area contributed by atoms with Gasteiger partial charge in [-0.15, -0.1) is 0 Å². The van der Waals surface area contributed by atoms with E-state index in [4.69, 9.17) is 10.2 Å². The summed E-state index contributed by atoms with van der Waals surface area (Å²) in [7, 11) is 0. The summed E-state index contributed by atoms with van der Waals surface area (Å²) in [6, 6.07) is 3.64. The molecule has 2 unspecified atom stereocenters. The van der Waals surface area contributed by atoms with Crippen LogP contribution in [0.15, 0.2) is 21.3 Å². The van der Waals surface area contributed by atoms with E-state index in [1.54, 1.807) is 12.1 Å². The van der Waals surface area contributed by atoms with E-state index in [0.717, 1.165) is 24.9 Å². The van der Waals surface area contributed by atoms with Gasteiger partial charge in [-0.25, -0.2) is 4.79 Å². The average Bonchev–Trinajstić information content (AvgIpc) is 2.95. The molecular formula is C13H17N3O3. The number of nitrogen functional groups attached to an aromatic ring is 1. The second kappa shape index (κ2) is 4.62. The SMILES string of the molecule is Nc1cc2oc(=O)[nH]c2cc1NC1CCCC1CO. The molecule has 0 amide bonds. The van der Waals surface area contributed by atoms with Crippen molar-refractivity contribution >= 4 is 22.5 Å². The molecule has 1 aliphatic rings. The van der Waals surface area contributed by atoms with Gasteiger partial charge in [0, 0.05) is 24.6 Å². The van der Waals surface area contributed by atoms with Crippen LogP contribution in [0, 0.1) is 5.92 Å². The molecule has 19 heavy (non-hydrogen) atoms. The first-order chi connectivity index (χ1) is 9.17. The van der Waals surface area contributed by atoms with E-state index in [-0.39, 0.29) is 18.6 Å². The van der Waals surface area contributed by atoms with Crippen LogP contribution in [0.3, 0.4) is 0 Å². The third-order valence-corrected chi connectivity index (χ3v) is 3.83. The van der Waals surface area contributed by atoms with Crippen molar-refractivity contribution in [3.8, 4) is 0 Å². The highest BCUT2D eigenvalue weighted by Gasteiger charge is 2.26. The van der Waals surface area contributed by atoms with Crippen molar-refractivity contribution in [1.82, 2.24) is 4.98 Å². The maximum atomic E-state index is 11.1. The number of aliphatic hydroxyl groups is 1. The molecule has 0 spiro atoms. The standard InChI is InChI=1S/C13H17N3O3/c14-8-4-12-11(16-13(18)19-12)5-10(8)15-9-3-1-2-7(9)6-17/h4-5,7,9,15,17H,1-3,6,14H2,(H,16,18). The number of nitrogens with one attached hydrogen (secondary N) is 2. The van der Waals surface area contributed by atoms with Crippen molar-refractivity contribution in [1.29, 1.82) is 0 Å². The number of rotatable bonds is 3. The molecule has 0 saturated heterocycles. The fourth-order valence-corrected chi connectivity index (χ4v) is 2.78. The predicted molar refractivity (Wildman–Crippen MR) is 73.1 cm³/mol. The van der Waals surface area contributed by atoms with Gasteiger partial charge in [-0.2, -0.15) is 0 Å². The number of H-pyrrole nitrogens is 1. The number of benzene rings is 1. The number of fused-ring (bicyclic) bond motifs is 1. The second-order valence-electron chi connectivity index (χ2n) is 5.07. The van der Waals surface area contributed by atoms with Crippen LogP contribution >= 0.6 is 0 Å². The Kier molecular flexibility index (Phi) is 2.94. The molecule has 102 valence electrons. The van der Waals surface area contributed by atoms with Crippen LogP contribution in [-0.4, -0.2) is 22.7 Å². The minimum atomic E-state index is -0.486. The molecule has 6 nitrogen and oxygen atoms in total. The summed E-state index contributed by atoms with van der Waals surface area (Å²) < 4.78 is 4.96. The van der Waals surface area contributed by atoms with Gasteiger partial charge < -0.3 is 20.6 Å². The predicted octanol–water partition coefficient (Wildman–Crippen LogP) is 1.28. The van der Waals surface area contributed by atoms with E-state index in [9.17, 15) is 9.90 Å². The number of aromatic amines is 1. The Bertz CT molecular complexity index is 646. The molecule has 0 radical (unpaired) electrons. The van der Waals surface area contributed by atoms with Crippen LogP contribution in [0.25, 0.3) is 11.1 Å². The second-order valence-corrected chi connectivity index (χ2v) is 5.07. The molecule has 6 heteroatoms. The Morgan fingerprint density at radius 2 is 2.32 bits per heavy atom. The fourth-order valence-electron chi connectivity index (χ4n) is 2.78. The minimum Gasteiger partial charge on any atom is -0.408 e. The first kappa shape index (κ1) is 12.1. The summed E-state index contributed by atoms with van der Waals surface area (Å²) in [5, 5.41) is 12.7. The fraction of sp³-hybridized carbons (Fsp3) is 0.462. The maximum Gasteiger partial charge on any atom is 0.417 e. The third kappa shape index (κ3) is 2.19. The van der Waals surface area contributed by atoms with Gasteiger partial charge in [0.2, 0.25) is 0 Å². The van der Waals surface area contributed by atoms with Crippen LogP contribution in [0.4, 0.5) is 11.4 Å². The molecule has 1 saturated carbocycles. The normalized spacial score (nSPS) is 23.0. The van der Waals surface area contributed by atoms with Gasteiger partial charge in [0.15, 0.2) is 5.58 Å². The number of hydrogen-bond donors (Lipinski definition) is 4. The van der Waals surface area contributed by atoms with Crippen molar-refractivity contribution in [3.05, 3.63) is 22.7 Å². The van der Waals surface area contributed by atoms with Crippen molar-refractivity contribution in [2.45, 2.75) is 25.3 Å². The molecule has 2 aromatic rings. The van der Waals surface area contributed by atoms with Crippen LogP contribution in [-0.2, 0) is 0 Å². The Labute approximate surface area is 109 Å². The Balaban J connectivity index is 1.91. The van der Waals surface area contributed by atoms with E-state index in [1.165, 1.54) is 0 Å². The average molecular weight is 263 g/mol. The smallest absolute Gasteiger partial charge is 0.408 e. The molecule has 2 atom stereocenters. The first-order valence-corrected chi connectivity index (χ1v) is 6.47. The molecule has 1 heterocycles. The number of oxazole rings is 1. The summed E-state index contributed by atoms with van der Waals surface area (Å²) >= 11 is 0. The van der Waals surface area contributed by atoms with E-state index in [2.05, 4.69) is 10.3 Å². The molecule has 3 rings (SSSR count). The van der Waals surface area contributed by atoms with Crippen LogP contribution in [0.5, 0.6) is 0 Å².